The van der Waals surface area contributed by atoms with E-state index in [0.717, 1.165) is 29.7 Å². The zero-order chi connectivity index (χ0) is 14.6. The van der Waals surface area contributed by atoms with Gasteiger partial charge in [0.15, 0.2) is 0 Å². The van der Waals surface area contributed by atoms with Gasteiger partial charge in [-0.2, -0.15) is 0 Å². The second-order valence-electron chi connectivity index (χ2n) is 5.54. The quantitative estimate of drug-likeness (QED) is 0.644. The van der Waals surface area contributed by atoms with E-state index in [-0.39, 0.29) is 17.9 Å². The third kappa shape index (κ3) is 1.62. The van der Waals surface area contributed by atoms with Gasteiger partial charge in [-0.25, -0.2) is 0 Å². The van der Waals surface area contributed by atoms with Crippen molar-refractivity contribution in [2.45, 2.75) is 18.9 Å². The highest BCUT2D eigenvalue weighted by Gasteiger charge is 2.42. The molecule has 2 aliphatic rings. The van der Waals surface area contributed by atoms with Gasteiger partial charge >= 0.3 is 0 Å². The maximum atomic E-state index is 12.6. The van der Waals surface area contributed by atoms with E-state index in [1.54, 1.807) is 24.3 Å². The Morgan fingerprint density at radius 3 is 2.33 bits per heavy atom. The fraction of sp³-hybridized carbons (Fsp3) is 0.176. The summed E-state index contributed by atoms with van der Waals surface area (Å²) < 4.78 is 0. The van der Waals surface area contributed by atoms with Crippen molar-refractivity contribution >= 4 is 17.5 Å². The predicted molar refractivity (Wildman–Crippen MR) is 78.9 cm³/mol. The largest absolute Gasteiger partial charge is 0.399 e. The predicted octanol–water partition coefficient (Wildman–Crippen LogP) is 2.55. The van der Waals surface area contributed by atoms with Gasteiger partial charge in [-0.15, -0.1) is 0 Å². The summed E-state index contributed by atoms with van der Waals surface area (Å²) in [6.45, 7) is 0. The van der Waals surface area contributed by atoms with Crippen LogP contribution in [0.3, 0.4) is 0 Å². The molecule has 2 aromatic rings. The third-order valence-corrected chi connectivity index (χ3v) is 4.35. The molecule has 0 bridgehead atoms. The maximum absolute atomic E-state index is 12.6. The minimum Gasteiger partial charge on any atom is -0.399 e. The lowest BCUT2D eigenvalue weighted by molar-refractivity contribution is 0.0582. The number of benzene rings is 2. The summed E-state index contributed by atoms with van der Waals surface area (Å²) >= 11 is 0. The fourth-order valence-corrected chi connectivity index (χ4v) is 3.37. The molecule has 4 heteroatoms. The number of fused-ring (bicyclic) bond motifs is 2. The average Bonchev–Trinajstić information content (AvgIpc) is 2.99. The highest BCUT2D eigenvalue weighted by molar-refractivity contribution is 6.21. The van der Waals surface area contributed by atoms with Crippen molar-refractivity contribution < 1.29 is 9.59 Å². The zero-order valence-corrected chi connectivity index (χ0v) is 11.4. The molecule has 0 aromatic heterocycles. The normalized spacial score (nSPS) is 19.8. The molecule has 21 heavy (non-hydrogen) atoms. The molecule has 4 rings (SSSR count). The van der Waals surface area contributed by atoms with Crippen molar-refractivity contribution in [1.82, 2.24) is 4.90 Å². The molecule has 2 amide bonds. The van der Waals surface area contributed by atoms with Crippen molar-refractivity contribution in [3.63, 3.8) is 0 Å². The number of rotatable bonds is 1. The summed E-state index contributed by atoms with van der Waals surface area (Å²) in [6, 6.07) is 12.5. The van der Waals surface area contributed by atoms with Crippen LogP contribution in [-0.2, 0) is 6.42 Å². The number of carbonyl (C=O) groups excluding carboxylic acids is 2. The molecule has 2 aromatic carbocycles. The summed E-state index contributed by atoms with van der Waals surface area (Å²) in [4.78, 5) is 26.5. The van der Waals surface area contributed by atoms with Gasteiger partial charge in [0, 0.05) is 5.69 Å². The standard InChI is InChI=1S/C17H14N2O2/c18-11-6-7-12-10(9-11)5-8-15(12)19-16(20)13-3-1-2-4-14(13)17(19)21/h1-4,6-7,9,15H,5,8,18H2. The fourth-order valence-electron chi connectivity index (χ4n) is 3.37. The molecule has 1 heterocycles. The molecule has 0 saturated carbocycles. The van der Waals surface area contributed by atoms with Gasteiger partial charge in [0.25, 0.3) is 11.8 Å². The van der Waals surface area contributed by atoms with Crippen LogP contribution in [0.25, 0.3) is 0 Å². The monoisotopic (exact) mass is 278 g/mol. The SMILES string of the molecule is Nc1ccc2c(c1)CCC2N1C(=O)c2ccccc2C1=O. The van der Waals surface area contributed by atoms with Gasteiger partial charge in [0.05, 0.1) is 17.2 Å². The Kier molecular flexibility index (Phi) is 2.42. The lowest BCUT2D eigenvalue weighted by Crippen LogP contribution is -2.33. The minimum atomic E-state index is -0.190. The first-order valence-electron chi connectivity index (χ1n) is 7.02. The van der Waals surface area contributed by atoms with E-state index < -0.39 is 0 Å². The average molecular weight is 278 g/mol. The Labute approximate surface area is 122 Å². The Morgan fingerprint density at radius 2 is 1.67 bits per heavy atom. The van der Waals surface area contributed by atoms with E-state index in [1.807, 2.05) is 18.2 Å². The summed E-state index contributed by atoms with van der Waals surface area (Å²) in [5.74, 6) is -0.379. The zero-order valence-electron chi connectivity index (χ0n) is 11.4. The minimum absolute atomic E-state index is 0.173. The van der Waals surface area contributed by atoms with Gasteiger partial charge in [0.2, 0.25) is 0 Å². The number of hydrogen-bond acceptors (Lipinski definition) is 3. The van der Waals surface area contributed by atoms with Crippen LogP contribution in [0.2, 0.25) is 0 Å². The lowest BCUT2D eigenvalue weighted by atomic mass is 10.1. The van der Waals surface area contributed by atoms with Crippen LogP contribution in [0.15, 0.2) is 42.5 Å². The summed E-state index contributed by atoms with van der Waals surface area (Å²) in [6.07, 6.45) is 1.61. The maximum Gasteiger partial charge on any atom is 0.262 e. The number of hydrogen-bond donors (Lipinski definition) is 1. The van der Waals surface area contributed by atoms with Crippen LogP contribution >= 0.6 is 0 Å². The van der Waals surface area contributed by atoms with Gasteiger partial charge in [-0.05, 0) is 48.2 Å². The van der Waals surface area contributed by atoms with Gasteiger partial charge in [-0.3, -0.25) is 14.5 Å². The van der Waals surface area contributed by atoms with Crippen molar-refractivity contribution in [2.24, 2.45) is 0 Å². The van der Waals surface area contributed by atoms with Crippen LogP contribution in [0.5, 0.6) is 0 Å². The molecular formula is C17H14N2O2. The number of imide groups is 1. The number of nitrogens with two attached hydrogens (primary N) is 1. The van der Waals surface area contributed by atoms with Crippen LogP contribution < -0.4 is 5.73 Å². The molecule has 1 aliphatic heterocycles. The summed E-state index contributed by atoms with van der Waals surface area (Å²) in [5.41, 5.74) is 9.71. The molecule has 0 saturated heterocycles. The molecule has 104 valence electrons. The second kappa shape index (κ2) is 4.19. The highest BCUT2D eigenvalue weighted by atomic mass is 16.2. The smallest absolute Gasteiger partial charge is 0.262 e. The number of amides is 2. The molecule has 1 atom stereocenters. The highest BCUT2D eigenvalue weighted by Crippen LogP contribution is 2.40. The third-order valence-electron chi connectivity index (χ3n) is 4.35. The molecule has 1 aliphatic carbocycles. The Bertz CT molecular complexity index is 747. The molecule has 0 spiro atoms. The van der Waals surface area contributed by atoms with Crippen molar-refractivity contribution in [3.8, 4) is 0 Å². The first kappa shape index (κ1) is 12.1. The Balaban J connectivity index is 1.78. The number of carbonyl (C=O) groups is 2. The van der Waals surface area contributed by atoms with E-state index in [1.165, 1.54) is 4.90 Å². The summed E-state index contributed by atoms with van der Waals surface area (Å²) in [7, 11) is 0. The van der Waals surface area contributed by atoms with Crippen molar-refractivity contribution in [3.05, 3.63) is 64.7 Å². The molecule has 2 N–H and O–H groups in total. The van der Waals surface area contributed by atoms with Gasteiger partial charge in [0.1, 0.15) is 0 Å². The van der Waals surface area contributed by atoms with E-state index >= 15 is 0 Å². The number of nitrogen functional groups attached to an aromatic ring is 1. The van der Waals surface area contributed by atoms with Crippen LogP contribution in [-0.4, -0.2) is 16.7 Å². The molecule has 4 nitrogen and oxygen atoms in total. The van der Waals surface area contributed by atoms with Gasteiger partial charge < -0.3 is 5.73 Å². The number of aryl methyl sites for hydroxylation is 1. The van der Waals surface area contributed by atoms with E-state index in [2.05, 4.69) is 0 Å². The number of nitrogens with zero attached hydrogens (tertiary/aromatic N) is 1. The van der Waals surface area contributed by atoms with E-state index in [4.69, 9.17) is 5.73 Å². The molecule has 1 unspecified atom stereocenters. The first-order valence-corrected chi connectivity index (χ1v) is 7.02. The Morgan fingerprint density at radius 1 is 1.00 bits per heavy atom. The summed E-state index contributed by atoms with van der Waals surface area (Å²) in [5, 5.41) is 0. The van der Waals surface area contributed by atoms with Crippen LogP contribution in [0, 0.1) is 0 Å². The van der Waals surface area contributed by atoms with Crippen LogP contribution in [0.4, 0.5) is 5.69 Å². The Hall–Kier alpha value is -2.62. The molecular weight excluding hydrogens is 264 g/mol. The van der Waals surface area contributed by atoms with E-state index in [0.29, 0.717) is 11.1 Å². The van der Waals surface area contributed by atoms with Crippen molar-refractivity contribution in [2.75, 3.05) is 5.73 Å². The van der Waals surface area contributed by atoms with Gasteiger partial charge in [-0.1, -0.05) is 18.2 Å². The molecule has 0 fully saturated rings. The number of anilines is 1. The van der Waals surface area contributed by atoms with Crippen molar-refractivity contribution in [1.29, 1.82) is 0 Å². The lowest BCUT2D eigenvalue weighted by Gasteiger charge is -2.23. The first-order chi connectivity index (χ1) is 10.2. The van der Waals surface area contributed by atoms with Crippen LogP contribution in [0.1, 0.15) is 44.3 Å². The second-order valence-corrected chi connectivity index (χ2v) is 5.54. The molecule has 0 radical (unpaired) electrons. The topological polar surface area (TPSA) is 63.4 Å². The van der Waals surface area contributed by atoms with E-state index in [9.17, 15) is 9.59 Å².